The second-order valence-corrected chi connectivity index (χ2v) is 4.46. The fourth-order valence-electron chi connectivity index (χ4n) is 2.13. The fraction of sp³-hybridized carbons (Fsp3) is 0.500. The predicted octanol–water partition coefficient (Wildman–Crippen LogP) is 2.34. The number of carbonyl (C=O) groups excluding carboxylic acids is 1. The fourth-order valence-corrected chi connectivity index (χ4v) is 2.13. The molecule has 0 aromatic heterocycles. The molecule has 1 heterocycles. The number of benzene rings is 1. The highest BCUT2D eigenvalue weighted by Gasteiger charge is 2.29. The van der Waals surface area contributed by atoms with E-state index >= 15 is 0 Å². The van der Waals surface area contributed by atoms with Crippen molar-refractivity contribution in [3.63, 3.8) is 0 Å². The van der Waals surface area contributed by atoms with Crippen LogP contribution in [0.1, 0.15) is 25.3 Å². The lowest BCUT2D eigenvalue weighted by Gasteiger charge is -2.15. The van der Waals surface area contributed by atoms with Gasteiger partial charge >= 0.3 is 0 Å². The Bertz CT molecular complexity index is 361. The lowest BCUT2D eigenvalue weighted by atomic mass is 10.0. The number of hydrogen-bond donors (Lipinski definition) is 0. The molecule has 3 heteroatoms. The van der Waals surface area contributed by atoms with E-state index in [2.05, 4.69) is 12.1 Å². The summed E-state index contributed by atoms with van der Waals surface area (Å²) in [4.78, 5) is 11.1. The van der Waals surface area contributed by atoms with Crippen LogP contribution in [0.4, 0.5) is 0 Å². The number of hydrogen-bond acceptors (Lipinski definition) is 3. The minimum absolute atomic E-state index is 0.0547. The van der Waals surface area contributed by atoms with Gasteiger partial charge in [-0.2, -0.15) is 0 Å². The van der Waals surface area contributed by atoms with E-state index in [9.17, 15) is 4.79 Å². The smallest absolute Gasteiger partial charge is 0.147 e. The number of ketones is 1. The van der Waals surface area contributed by atoms with Gasteiger partial charge in [-0.25, -0.2) is 0 Å². The molecule has 1 fully saturated rings. The van der Waals surface area contributed by atoms with E-state index < -0.39 is 0 Å². The van der Waals surface area contributed by atoms with Crippen LogP contribution in [0.5, 0.6) is 0 Å². The molecule has 1 saturated heterocycles. The van der Waals surface area contributed by atoms with Crippen LogP contribution in [0, 0.1) is 0 Å². The standard InChI is InChI=1S/C14H18O3/c1-11(15)9-14-13(16-10-17-14)8-7-12-5-3-2-4-6-12/h2-6,13-14H,7-10H2,1H3/t13-,14-/m1/s1. The Morgan fingerprint density at radius 1 is 1.24 bits per heavy atom. The van der Waals surface area contributed by atoms with Gasteiger partial charge in [-0.05, 0) is 25.3 Å². The zero-order chi connectivity index (χ0) is 12.1. The van der Waals surface area contributed by atoms with Crippen LogP contribution in [0.3, 0.4) is 0 Å². The van der Waals surface area contributed by atoms with Crippen LogP contribution >= 0.6 is 0 Å². The van der Waals surface area contributed by atoms with Crippen LogP contribution in [0.25, 0.3) is 0 Å². The van der Waals surface area contributed by atoms with E-state index in [4.69, 9.17) is 9.47 Å². The molecule has 0 unspecified atom stereocenters. The maximum absolute atomic E-state index is 11.1. The molecule has 0 spiro atoms. The maximum atomic E-state index is 11.1. The molecule has 0 aliphatic carbocycles. The molecule has 1 aliphatic rings. The van der Waals surface area contributed by atoms with E-state index in [1.807, 2.05) is 18.2 Å². The Balaban J connectivity index is 1.84. The molecule has 0 N–H and O–H groups in total. The summed E-state index contributed by atoms with van der Waals surface area (Å²) in [5, 5.41) is 0. The Morgan fingerprint density at radius 2 is 1.94 bits per heavy atom. The molecule has 1 aromatic carbocycles. The van der Waals surface area contributed by atoms with Gasteiger partial charge < -0.3 is 9.47 Å². The van der Waals surface area contributed by atoms with Gasteiger partial charge in [0.25, 0.3) is 0 Å². The summed E-state index contributed by atoms with van der Waals surface area (Å²) in [6.07, 6.45) is 2.32. The van der Waals surface area contributed by atoms with Gasteiger partial charge in [0.2, 0.25) is 0 Å². The first-order valence-electron chi connectivity index (χ1n) is 6.02. The third-order valence-corrected chi connectivity index (χ3v) is 3.03. The summed E-state index contributed by atoms with van der Waals surface area (Å²) in [5.74, 6) is 0.158. The molecule has 0 bridgehead atoms. The first kappa shape index (κ1) is 12.3. The van der Waals surface area contributed by atoms with Gasteiger partial charge in [-0.1, -0.05) is 30.3 Å². The number of rotatable bonds is 5. The molecule has 2 rings (SSSR count). The third kappa shape index (κ3) is 3.65. The average Bonchev–Trinajstić information content (AvgIpc) is 2.74. The van der Waals surface area contributed by atoms with Crippen LogP contribution < -0.4 is 0 Å². The van der Waals surface area contributed by atoms with Crippen molar-refractivity contribution in [3.05, 3.63) is 35.9 Å². The molecular weight excluding hydrogens is 216 g/mol. The van der Waals surface area contributed by atoms with E-state index in [0.29, 0.717) is 13.2 Å². The normalized spacial score (nSPS) is 23.8. The molecule has 92 valence electrons. The lowest BCUT2D eigenvalue weighted by Crippen LogP contribution is -2.25. The first-order chi connectivity index (χ1) is 8.25. The van der Waals surface area contributed by atoms with Crippen LogP contribution in [0.15, 0.2) is 30.3 Å². The Kier molecular flexibility index (Phi) is 4.29. The Morgan fingerprint density at radius 3 is 2.65 bits per heavy atom. The lowest BCUT2D eigenvalue weighted by molar-refractivity contribution is -0.119. The summed E-state index contributed by atoms with van der Waals surface area (Å²) in [7, 11) is 0. The minimum atomic E-state index is -0.0591. The van der Waals surface area contributed by atoms with E-state index in [1.54, 1.807) is 6.92 Å². The van der Waals surface area contributed by atoms with Crippen molar-refractivity contribution in [1.29, 1.82) is 0 Å². The Labute approximate surface area is 102 Å². The van der Waals surface area contributed by atoms with Gasteiger partial charge in [-0.3, -0.25) is 4.79 Å². The van der Waals surface area contributed by atoms with E-state index in [1.165, 1.54) is 5.56 Å². The Hall–Kier alpha value is -1.19. The second kappa shape index (κ2) is 5.94. The minimum Gasteiger partial charge on any atom is -0.349 e. The summed E-state index contributed by atoms with van der Waals surface area (Å²) in [6, 6.07) is 10.3. The largest absolute Gasteiger partial charge is 0.349 e. The molecule has 0 radical (unpaired) electrons. The van der Waals surface area contributed by atoms with Crippen molar-refractivity contribution in [2.75, 3.05) is 6.79 Å². The van der Waals surface area contributed by atoms with Crippen molar-refractivity contribution < 1.29 is 14.3 Å². The molecule has 1 aliphatic heterocycles. The zero-order valence-corrected chi connectivity index (χ0v) is 10.1. The number of ether oxygens (including phenoxy) is 2. The van der Waals surface area contributed by atoms with Gasteiger partial charge in [-0.15, -0.1) is 0 Å². The van der Waals surface area contributed by atoms with Gasteiger partial charge in [0.1, 0.15) is 12.6 Å². The number of aryl methyl sites for hydroxylation is 1. The highest BCUT2D eigenvalue weighted by Crippen LogP contribution is 2.21. The van der Waals surface area contributed by atoms with Crippen LogP contribution in [0.2, 0.25) is 0 Å². The first-order valence-corrected chi connectivity index (χ1v) is 6.02. The summed E-state index contributed by atoms with van der Waals surface area (Å²) in [6.45, 7) is 1.91. The third-order valence-electron chi connectivity index (χ3n) is 3.03. The average molecular weight is 234 g/mol. The summed E-state index contributed by atoms with van der Waals surface area (Å²) in [5.41, 5.74) is 1.30. The van der Waals surface area contributed by atoms with Gasteiger partial charge in [0.15, 0.2) is 0 Å². The summed E-state index contributed by atoms with van der Waals surface area (Å²) >= 11 is 0. The summed E-state index contributed by atoms with van der Waals surface area (Å²) < 4.78 is 10.9. The van der Waals surface area contributed by atoms with Crippen molar-refractivity contribution in [1.82, 2.24) is 0 Å². The molecule has 3 nitrogen and oxygen atoms in total. The van der Waals surface area contributed by atoms with Gasteiger partial charge in [0, 0.05) is 6.42 Å². The molecule has 17 heavy (non-hydrogen) atoms. The number of carbonyl (C=O) groups is 1. The van der Waals surface area contributed by atoms with E-state index in [-0.39, 0.29) is 18.0 Å². The van der Waals surface area contributed by atoms with Crippen molar-refractivity contribution >= 4 is 5.78 Å². The topological polar surface area (TPSA) is 35.5 Å². The monoisotopic (exact) mass is 234 g/mol. The highest BCUT2D eigenvalue weighted by molar-refractivity contribution is 5.76. The molecule has 2 atom stereocenters. The maximum Gasteiger partial charge on any atom is 0.147 e. The van der Waals surface area contributed by atoms with Crippen molar-refractivity contribution in [3.8, 4) is 0 Å². The number of Topliss-reactive ketones (excluding diaryl/α,β-unsaturated/α-hetero) is 1. The zero-order valence-electron chi connectivity index (χ0n) is 10.1. The molecule has 1 aromatic rings. The molecule has 0 saturated carbocycles. The highest BCUT2D eigenvalue weighted by atomic mass is 16.7. The van der Waals surface area contributed by atoms with Crippen molar-refractivity contribution in [2.45, 2.75) is 38.4 Å². The predicted molar refractivity (Wildman–Crippen MR) is 64.7 cm³/mol. The quantitative estimate of drug-likeness (QED) is 0.784. The van der Waals surface area contributed by atoms with Crippen molar-refractivity contribution in [2.24, 2.45) is 0 Å². The van der Waals surface area contributed by atoms with E-state index in [0.717, 1.165) is 12.8 Å². The van der Waals surface area contributed by atoms with Crippen LogP contribution in [-0.4, -0.2) is 24.8 Å². The molecule has 0 amide bonds. The van der Waals surface area contributed by atoms with Crippen LogP contribution in [-0.2, 0) is 20.7 Å². The molecular formula is C14H18O3. The SMILES string of the molecule is CC(=O)C[C@H]1OCO[C@@H]1CCc1ccccc1. The van der Waals surface area contributed by atoms with Gasteiger partial charge in [0.05, 0.1) is 12.2 Å². The second-order valence-electron chi connectivity index (χ2n) is 4.46.